The molecule has 0 saturated carbocycles. The zero-order valence-electron chi connectivity index (χ0n) is 26.2. The number of anilines is 2. The van der Waals surface area contributed by atoms with Crippen LogP contribution < -0.4 is 10.6 Å². The maximum atomic E-state index is 13.4. The molecule has 236 valence electrons. The van der Waals surface area contributed by atoms with Crippen LogP contribution in [0.5, 0.6) is 0 Å². The van der Waals surface area contributed by atoms with E-state index in [0.29, 0.717) is 54.5 Å². The van der Waals surface area contributed by atoms with Crippen LogP contribution in [0.4, 0.5) is 16.2 Å². The monoisotopic (exact) mass is 614 g/mol. The number of amides is 1. The van der Waals surface area contributed by atoms with Gasteiger partial charge in [-0.15, -0.1) is 0 Å². The van der Waals surface area contributed by atoms with Crippen molar-refractivity contribution in [2.75, 3.05) is 37.6 Å². The van der Waals surface area contributed by atoms with Crippen LogP contribution in [0, 0.1) is 0 Å². The average molecular weight is 615 g/mol. The Morgan fingerprint density at radius 2 is 1.84 bits per heavy atom. The highest BCUT2D eigenvalue weighted by Crippen LogP contribution is 2.34. The van der Waals surface area contributed by atoms with E-state index in [9.17, 15) is 14.4 Å². The number of methoxy groups -OCH3 is 1. The molecule has 1 aromatic carbocycles. The van der Waals surface area contributed by atoms with Crippen molar-refractivity contribution in [3.05, 3.63) is 42.4 Å². The standard InChI is InChI=1S/C31H46N4O7Si/c1-7-9-16-42-29(36)24-12-10-11-13-25(30(37)41-8-2)33-26-19-22(32-31(38)39-3)14-15-23(26)27-20-35(28(24)34-27)21-40-17-18-43(4,5)6/h10-11,14-15,19-20,24-25,33H,7-9,12-13,16-18,21H2,1-6H3,(H,32,38)/b11-10+. The molecule has 3 rings (SSSR count). The fraction of sp³-hybridized carbons (Fsp3) is 0.548. The Bertz CT molecular complexity index is 1270. The Balaban J connectivity index is 2.11. The minimum Gasteiger partial charge on any atom is -0.465 e. The van der Waals surface area contributed by atoms with Gasteiger partial charge in [-0.1, -0.05) is 45.1 Å². The average Bonchev–Trinajstić information content (AvgIpc) is 3.37. The molecule has 2 heterocycles. The summed E-state index contributed by atoms with van der Waals surface area (Å²) in [6.45, 7) is 12.1. The zero-order chi connectivity index (χ0) is 31.4. The summed E-state index contributed by atoms with van der Waals surface area (Å²) in [6, 6.07) is 5.53. The lowest BCUT2D eigenvalue weighted by Crippen LogP contribution is -2.31. The number of fused-ring (bicyclic) bond motifs is 4. The molecule has 0 fully saturated rings. The van der Waals surface area contributed by atoms with Crippen molar-refractivity contribution >= 4 is 37.5 Å². The van der Waals surface area contributed by atoms with Crippen molar-refractivity contribution in [1.82, 2.24) is 9.55 Å². The number of allylic oxidation sites excluding steroid dienone is 1. The van der Waals surface area contributed by atoms with Gasteiger partial charge in [0.2, 0.25) is 0 Å². The predicted octanol–water partition coefficient (Wildman–Crippen LogP) is 6.16. The molecule has 12 heteroatoms. The summed E-state index contributed by atoms with van der Waals surface area (Å²) in [4.78, 5) is 43.2. The van der Waals surface area contributed by atoms with Crippen LogP contribution in [-0.4, -0.2) is 68.6 Å². The number of benzene rings is 1. The second-order valence-corrected chi connectivity index (χ2v) is 17.3. The number of carbonyl (C=O) groups excluding carboxylic acids is 3. The third-order valence-corrected chi connectivity index (χ3v) is 8.62. The van der Waals surface area contributed by atoms with E-state index in [1.165, 1.54) is 7.11 Å². The number of esters is 2. The molecule has 0 radical (unpaired) electrons. The molecule has 11 nitrogen and oxygen atoms in total. The fourth-order valence-corrected chi connectivity index (χ4v) is 5.21. The number of aromatic nitrogens is 2. The van der Waals surface area contributed by atoms with Gasteiger partial charge in [-0.05, 0) is 50.4 Å². The van der Waals surface area contributed by atoms with Crippen molar-refractivity contribution in [2.45, 2.75) is 83.9 Å². The number of nitrogens with one attached hydrogen (secondary N) is 2. The Morgan fingerprint density at radius 3 is 2.53 bits per heavy atom. The molecular formula is C31H46N4O7Si. The number of carbonyl (C=O) groups is 3. The van der Waals surface area contributed by atoms with Crippen molar-refractivity contribution in [3.63, 3.8) is 0 Å². The van der Waals surface area contributed by atoms with Gasteiger partial charge in [-0.2, -0.15) is 0 Å². The summed E-state index contributed by atoms with van der Waals surface area (Å²) in [6.07, 6.45) is 7.32. The van der Waals surface area contributed by atoms with E-state index in [1.807, 2.05) is 29.8 Å². The molecule has 2 N–H and O–H groups in total. The van der Waals surface area contributed by atoms with Crippen LogP contribution >= 0.6 is 0 Å². The molecule has 2 bridgehead atoms. The smallest absolute Gasteiger partial charge is 0.411 e. The lowest BCUT2D eigenvalue weighted by molar-refractivity contribution is -0.146. The minimum atomic E-state index is -1.30. The lowest BCUT2D eigenvalue weighted by atomic mass is 10.0. The Labute approximate surface area is 255 Å². The molecule has 0 spiro atoms. The van der Waals surface area contributed by atoms with Gasteiger partial charge in [-0.25, -0.2) is 14.6 Å². The van der Waals surface area contributed by atoms with Gasteiger partial charge in [0.25, 0.3) is 0 Å². The van der Waals surface area contributed by atoms with E-state index in [-0.39, 0.29) is 19.3 Å². The number of unbranched alkanes of at least 4 members (excludes halogenated alkanes) is 1. The van der Waals surface area contributed by atoms with Crippen molar-refractivity contribution in [2.24, 2.45) is 0 Å². The van der Waals surface area contributed by atoms with Crippen LogP contribution in [0.15, 0.2) is 36.5 Å². The normalized spacial score (nSPS) is 17.3. The van der Waals surface area contributed by atoms with E-state index in [0.717, 1.165) is 18.9 Å². The third kappa shape index (κ3) is 10.2. The molecule has 2 atom stereocenters. The first-order valence-corrected chi connectivity index (χ1v) is 18.7. The Hall–Kier alpha value is -3.64. The number of rotatable bonds is 12. The van der Waals surface area contributed by atoms with Gasteiger partial charge in [0, 0.05) is 37.8 Å². The molecule has 2 unspecified atom stereocenters. The van der Waals surface area contributed by atoms with E-state index in [2.05, 4.69) is 30.3 Å². The minimum absolute atomic E-state index is 0.228. The van der Waals surface area contributed by atoms with Crippen molar-refractivity contribution < 1.29 is 33.3 Å². The number of nitrogens with zero attached hydrogens (tertiary/aromatic N) is 2. The first-order valence-electron chi connectivity index (χ1n) is 14.9. The first kappa shape index (κ1) is 33.9. The summed E-state index contributed by atoms with van der Waals surface area (Å²) >= 11 is 0. The number of ether oxygens (including phenoxy) is 4. The highest BCUT2D eigenvalue weighted by Gasteiger charge is 2.29. The Morgan fingerprint density at radius 1 is 1.07 bits per heavy atom. The number of hydrogen-bond acceptors (Lipinski definition) is 9. The van der Waals surface area contributed by atoms with Gasteiger partial charge in [0.1, 0.15) is 24.5 Å². The molecule has 43 heavy (non-hydrogen) atoms. The maximum Gasteiger partial charge on any atom is 0.411 e. The highest BCUT2D eigenvalue weighted by molar-refractivity contribution is 6.76. The van der Waals surface area contributed by atoms with Gasteiger partial charge in [-0.3, -0.25) is 10.1 Å². The largest absolute Gasteiger partial charge is 0.465 e. The lowest BCUT2D eigenvalue weighted by Gasteiger charge is -2.20. The number of hydrogen-bond donors (Lipinski definition) is 2. The zero-order valence-corrected chi connectivity index (χ0v) is 27.2. The van der Waals surface area contributed by atoms with E-state index >= 15 is 0 Å². The molecule has 0 saturated heterocycles. The van der Waals surface area contributed by atoms with Crippen molar-refractivity contribution in [3.8, 4) is 11.3 Å². The number of imidazole rings is 1. The van der Waals surface area contributed by atoms with Crippen LogP contribution in [0.3, 0.4) is 0 Å². The predicted molar refractivity (Wildman–Crippen MR) is 169 cm³/mol. The molecule has 0 aliphatic carbocycles. The van der Waals surface area contributed by atoms with E-state index in [1.54, 1.807) is 25.1 Å². The first-order chi connectivity index (χ1) is 20.6. The molecule has 2 aromatic rings. The van der Waals surface area contributed by atoms with Crippen LogP contribution in [0.1, 0.15) is 51.3 Å². The molecular weight excluding hydrogens is 568 g/mol. The summed E-state index contributed by atoms with van der Waals surface area (Å²) < 4.78 is 23.7. The summed E-state index contributed by atoms with van der Waals surface area (Å²) in [5.41, 5.74) is 2.28. The second kappa shape index (κ2) is 16.3. The van der Waals surface area contributed by atoms with Crippen LogP contribution in [0.25, 0.3) is 11.3 Å². The van der Waals surface area contributed by atoms with Crippen molar-refractivity contribution in [1.29, 1.82) is 0 Å². The fourth-order valence-electron chi connectivity index (χ4n) is 4.45. The molecule has 1 amide bonds. The van der Waals surface area contributed by atoms with Gasteiger partial charge in [0.15, 0.2) is 0 Å². The molecule has 1 aromatic heterocycles. The molecule has 1 aliphatic heterocycles. The van der Waals surface area contributed by atoms with Gasteiger partial charge >= 0.3 is 18.0 Å². The highest BCUT2D eigenvalue weighted by atomic mass is 28.3. The van der Waals surface area contributed by atoms with E-state index < -0.39 is 32.1 Å². The topological polar surface area (TPSA) is 130 Å². The summed E-state index contributed by atoms with van der Waals surface area (Å²) in [7, 11) is -0.0122. The summed E-state index contributed by atoms with van der Waals surface area (Å²) in [5.74, 6) is -0.897. The van der Waals surface area contributed by atoms with Crippen LogP contribution in [0.2, 0.25) is 25.7 Å². The molecule has 1 aliphatic rings. The second-order valence-electron chi connectivity index (χ2n) is 11.6. The van der Waals surface area contributed by atoms with Crippen LogP contribution in [-0.2, 0) is 35.3 Å². The van der Waals surface area contributed by atoms with E-state index in [4.69, 9.17) is 23.9 Å². The van der Waals surface area contributed by atoms with Gasteiger partial charge < -0.3 is 28.8 Å². The summed E-state index contributed by atoms with van der Waals surface area (Å²) in [5, 5.41) is 5.97. The Kier molecular flexibility index (Phi) is 12.8. The maximum absolute atomic E-state index is 13.4. The third-order valence-electron chi connectivity index (χ3n) is 6.91. The SMILES string of the molecule is CCCCOC(=O)C1C/C=C/CC(C(=O)OCC)Nc2cc(NC(=O)OC)ccc2-c2cn(COCC[Si](C)(C)C)c1n2. The van der Waals surface area contributed by atoms with Gasteiger partial charge in [0.05, 0.1) is 26.0 Å². The quantitative estimate of drug-likeness (QED) is 0.0949.